The van der Waals surface area contributed by atoms with E-state index in [-0.39, 0.29) is 0 Å². The van der Waals surface area contributed by atoms with Crippen LogP contribution in [0.4, 0.5) is 0 Å². The van der Waals surface area contributed by atoms with Crippen LogP contribution in [0.15, 0.2) is 17.5 Å². The van der Waals surface area contributed by atoms with Crippen molar-refractivity contribution in [1.82, 2.24) is 5.32 Å². The van der Waals surface area contributed by atoms with Crippen LogP contribution in [0.5, 0.6) is 0 Å². The number of hydrogen-bond acceptors (Lipinski definition) is 3. The minimum atomic E-state index is -0.458. The molecule has 1 aromatic heterocycles. The third kappa shape index (κ3) is 4.38. The van der Waals surface area contributed by atoms with E-state index in [1.54, 1.807) is 0 Å². The van der Waals surface area contributed by atoms with E-state index in [0.717, 1.165) is 25.8 Å². The fourth-order valence-electron chi connectivity index (χ4n) is 2.73. The zero-order valence-electron chi connectivity index (χ0n) is 11.3. The van der Waals surface area contributed by atoms with Crippen molar-refractivity contribution in [3.05, 3.63) is 22.4 Å². The van der Waals surface area contributed by atoms with Gasteiger partial charge in [0.15, 0.2) is 0 Å². The van der Waals surface area contributed by atoms with E-state index in [1.807, 2.05) is 11.3 Å². The maximum absolute atomic E-state index is 10.6. The summed E-state index contributed by atoms with van der Waals surface area (Å²) in [5.41, 5.74) is -0.458. The van der Waals surface area contributed by atoms with E-state index >= 15 is 0 Å². The molecule has 3 heteroatoms. The summed E-state index contributed by atoms with van der Waals surface area (Å²) in [4.78, 5) is 1.42. The van der Waals surface area contributed by atoms with Crippen LogP contribution in [0.1, 0.15) is 50.3 Å². The predicted molar refractivity (Wildman–Crippen MR) is 78.1 cm³/mol. The molecular weight excluding hydrogens is 242 g/mol. The Morgan fingerprint density at radius 1 is 1.33 bits per heavy atom. The lowest BCUT2D eigenvalue weighted by atomic mass is 9.94. The van der Waals surface area contributed by atoms with Crippen molar-refractivity contribution in [3.63, 3.8) is 0 Å². The zero-order valence-corrected chi connectivity index (χ0v) is 12.1. The van der Waals surface area contributed by atoms with Gasteiger partial charge in [-0.3, -0.25) is 0 Å². The van der Waals surface area contributed by atoms with Crippen LogP contribution in [-0.4, -0.2) is 23.3 Å². The first-order valence-corrected chi connectivity index (χ1v) is 8.04. The fourth-order valence-corrected chi connectivity index (χ4v) is 3.57. The molecule has 0 aromatic carbocycles. The number of rotatable bonds is 5. The summed E-state index contributed by atoms with van der Waals surface area (Å²) in [5, 5.41) is 16.2. The van der Waals surface area contributed by atoms with Gasteiger partial charge in [-0.25, -0.2) is 0 Å². The number of aliphatic hydroxyl groups is 1. The summed E-state index contributed by atoms with van der Waals surface area (Å²) >= 11 is 1.81. The lowest BCUT2D eigenvalue weighted by molar-refractivity contribution is 0.0232. The highest BCUT2D eigenvalue weighted by Gasteiger charge is 2.27. The molecule has 0 radical (unpaired) electrons. The van der Waals surface area contributed by atoms with Crippen molar-refractivity contribution in [2.75, 3.05) is 6.54 Å². The van der Waals surface area contributed by atoms with E-state index in [4.69, 9.17) is 0 Å². The number of thiophene rings is 1. The van der Waals surface area contributed by atoms with Crippen LogP contribution in [0.2, 0.25) is 0 Å². The largest absolute Gasteiger partial charge is 0.389 e. The first-order chi connectivity index (χ1) is 8.68. The quantitative estimate of drug-likeness (QED) is 0.802. The van der Waals surface area contributed by atoms with Crippen LogP contribution in [0.25, 0.3) is 0 Å². The van der Waals surface area contributed by atoms with E-state index < -0.39 is 5.60 Å². The molecule has 0 aliphatic heterocycles. The Hall–Kier alpha value is -0.380. The van der Waals surface area contributed by atoms with Gasteiger partial charge in [-0.05, 0) is 37.6 Å². The molecule has 0 amide bonds. The monoisotopic (exact) mass is 267 g/mol. The smallest absolute Gasteiger partial charge is 0.0771 e. The molecule has 18 heavy (non-hydrogen) atoms. The van der Waals surface area contributed by atoms with Crippen molar-refractivity contribution in [2.45, 2.75) is 63.5 Å². The van der Waals surface area contributed by atoms with Gasteiger partial charge in [-0.1, -0.05) is 31.7 Å². The highest BCUT2D eigenvalue weighted by Crippen LogP contribution is 2.26. The zero-order chi connectivity index (χ0) is 12.8. The molecule has 2 nitrogen and oxygen atoms in total. The molecule has 1 fully saturated rings. The first-order valence-electron chi connectivity index (χ1n) is 7.16. The Labute approximate surface area is 114 Å². The topological polar surface area (TPSA) is 32.3 Å². The molecule has 1 aliphatic carbocycles. The van der Waals surface area contributed by atoms with Crippen molar-refractivity contribution < 1.29 is 5.11 Å². The second kappa shape index (κ2) is 6.69. The molecule has 2 N–H and O–H groups in total. The average Bonchev–Trinajstić information content (AvgIpc) is 2.75. The molecule has 0 bridgehead atoms. The molecule has 102 valence electrons. The molecule has 0 spiro atoms. The minimum Gasteiger partial charge on any atom is -0.389 e. The fraction of sp³-hybridized carbons (Fsp3) is 0.733. The molecule has 1 saturated carbocycles. The van der Waals surface area contributed by atoms with Crippen LogP contribution in [0.3, 0.4) is 0 Å². The lowest BCUT2D eigenvalue weighted by Gasteiger charge is -2.28. The molecule has 1 aliphatic rings. The van der Waals surface area contributed by atoms with E-state index in [2.05, 4.69) is 29.8 Å². The van der Waals surface area contributed by atoms with Crippen molar-refractivity contribution in [1.29, 1.82) is 0 Å². The summed E-state index contributed by atoms with van der Waals surface area (Å²) in [6, 6.07) is 4.73. The van der Waals surface area contributed by atoms with Gasteiger partial charge < -0.3 is 10.4 Å². The third-order valence-electron chi connectivity index (χ3n) is 3.90. The summed E-state index contributed by atoms with van der Waals surface area (Å²) in [6.45, 7) is 2.96. The van der Waals surface area contributed by atoms with Gasteiger partial charge in [0.1, 0.15) is 0 Å². The van der Waals surface area contributed by atoms with E-state index in [0.29, 0.717) is 6.04 Å². The predicted octanol–water partition coefficient (Wildman–Crippen LogP) is 3.35. The maximum Gasteiger partial charge on any atom is 0.0771 e. The Morgan fingerprint density at radius 3 is 2.67 bits per heavy atom. The number of nitrogens with one attached hydrogen (secondary N) is 1. The lowest BCUT2D eigenvalue weighted by Crippen LogP contribution is -2.44. The van der Waals surface area contributed by atoms with E-state index in [1.165, 1.54) is 30.6 Å². The molecule has 1 unspecified atom stereocenters. The van der Waals surface area contributed by atoms with Gasteiger partial charge in [-0.15, -0.1) is 11.3 Å². The highest BCUT2D eigenvalue weighted by molar-refractivity contribution is 7.09. The molecule has 2 rings (SSSR count). The highest BCUT2D eigenvalue weighted by atomic mass is 32.1. The third-order valence-corrected chi connectivity index (χ3v) is 4.80. The van der Waals surface area contributed by atoms with Gasteiger partial charge in [0.2, 0.25) is 0 Å². The summed E-state index contributed by atoms with van der Waals surface area (Å²) in [6.07, 6.45) is 7.92. The Bertz CT molecular complexity index is 328. The van der Waals surface area contributed by atoms with Gasteiger partial charge in [-0.2, -0.15) is 0 Å². The van der Waals surface area contributed by atoms with Gasteiger partial charge >= 0.3 is 0 Å². The van der Waals surface area contributed by atoms with Crippen LogP contribution < -0.4 is 5.32 Å². The normalized spacial score (nSPS) is 21.4. The second-order valence-corrected chi connectivity index (χ2v) is 6.74. The Balaban J connectivity index is 1.75. The van der Waals surface area contributed by atoms with Crippen LogP contribution in [0, 0.1) is 0 Å². The number of hydrogen-bond donors (Lipinski definition) is 2. The van der Waals surface area contributed by atoms with Gasteiger partial charge in [0, 0.05) is 17.5 Å². The summed E-state index contributed by atoms with van der Waals surface area (Å²) < 4.78 is 0. The van der Waals surface area contributed by atoms with Gasteiger partial charge in [0.25, 0.3) is 0 Å². The maximum atomic E-state index is 10.6. The molecule has 1 atom stereocenters. The Morgan fingerprint density at radius 2 is 2.06 bits per heavy atom. The van der Waals surface area contributed by atoms with Crippen molar-refractivity contribution in [3.8, 4) is 0 Å². The van der Waals surface area contributed by atoms with Crippen molar-refractivity contribution >= 4 is 11.3 Å². The molecule has 1 aromatic rings. The minimum absolute atomic E-state index is 0.441. The standard InChI is InChI=1S/C15H25NOS/c1-13(11-14-7-6-10-18-14)16-12-15(17)8-4-2-3-5-9-15/h6-7,10,13,16-17H,2-5,8-9,11-12H2,1H3. The van der Waals surface area contributed by atoms with Crippen molar-refractivity contribution in [2.24, 2.45) is 0 Å². The summed E-state index contributed by atoms with van der Waals surface area (Å²) in [5.74, 6) is 0. The SMILES string of the molecule is CC(Cc1cccs1)NCC1(O)CCCCCC1. The van der Waals surface area contributed by atoms with Gasteiger partial charge in [0.05, 0.1) is 5.60 Å². The first kappa shape index (κ1) is 14.0. The van der Waals surface area contributed by atoms with Crippen LogP contribution >= 0.6 is 11.3 Å². The molecular formula is C15H25NOS. The summed E-state index contributed by atoms with van der Waals surface area (Å²) in [7, 11) is 0. The Kier molecular flexibility index (Phi) is 5.22. The van der Waals surface area contributed by atoms with E-state index in [9.17, 15) is 5.11 Å². The molecule has 1 heterocycles. The second-order valence-electron chi connectivity index (χ2n) is 5.70. The average molecular weight is 267 g/mol. The van der Waals surface area contributed by atoms with Crippen LogP contribution in [-0.2, 0) is 6.42 Å². The molecule has 0 saturated heterocycles.